The number of hydrogen-bond acceptors (Lipinski definition) is 2. The van der Waals surface area contributed by atoms with Crippen molar-refractivity contribution >= 4 is 21.4 Å². The van der Waals surface area contributed by atoms with Crippen LogP contribution in [0, 0.1) is 0 Å². The zero-order chi connectivity index (χ0) is 13.9. The summed E-state index contributed by atoms with van der Waals surface area (Å²) in [6.45, 7) is 1.94. The summed E-state index contributed by atoms with van der Waals surface area (Å²) in [4.78, 5) is 4.07. The summed E-state index contributed by atoms with van der Waals surface area (Å²) in [5, 5.41) is 5.09. The standard InChI is InChI=1S/C16H13N3S/c1-11(18-19-17)16-15(12-7-3-2-4-8-12)13-9-5-6-10-14(13)20-16/h2-11H,1H3. The molecule has 0 amide bonds. The van der Waals surface area contributed by atoms with Gasteiger partial charge in [-0.15, -0.1) is 11.3 Å². The maximum absolute atomic E-state index is 8.70. The Balaban J connectivity index is 2.32. The SMILES string of the molecule is CC(N=[N+]=[N-])c1sc2ccccc2c1-c1ccccc1. The molecule has 0 aliphatic carbocycles. The van der Waals surface area contributed by atoms with Crippen molar-refractivity contribution in [2.24, 2.45) is 5.11 Å². The highest BCUT2D eigenvalue weighted by Crippen LogP contribution is 2.42. The molecule has 3 aromatic rings. The van der Waals surface area contributed by atoms with Crippen LogP contribution in [-0.4, -0.2) is 0 Å². The molecule has 1 heterocycles. The summed E-state index contributed by atoms with van der Waals surface area (Å²) in [7, 11) is 0. The normalized spacial score (nSPS) is 12.1. The van der Waals surface area contributed by atoms with Gasteiger partial charge in [-0.3, -0.25) is 0 Å². The van der Waals surface area contributed by atoms with Crippen molar-refractivity contribution in [3.63, 3.8) is 0 Å². The predicted molar refractivity (Wildman–Crippen MR) is 84.8 cm³/mol. The van der Waals surface area contributed by atoms with Gasteiger partial charge in [-0.05, 0) is 17.2 Å². The van der Waals surface area contributed by atoms with Gasteiger partial charge in [0.15, 0.2) is 0 Å². The van der Waals surface area contributed by atoms with Gasteiger partial charge in [0.2, 0.25) is 0 Å². The predicted octanol–water partition coefficient (Wildman–Crippen LogP) is 5.94. The maximum Gasteiger partial charge on any atom is 0.0697 e. The van der Waals surface area contributed by atoms with Crippen LogP contribution in [0.5, 0.6) is 0 Å². The number of thiophene rings is 1. The van der Waals surface area contributed by atoms with E-state index in [0.29, 0.717) is 0 Å². The van der Waals surface area contributed by atoms with E-state index in [0.717, 1.165) is 4.88 Å². The summed E-state index contributed by atoms with van der Waals surface area (Å²) in [5.74, 6) is 0. The van der Waals surface area contributed by atoms with E-state index in [9.17, 15) is 0 Å². The summed E-state index contributed by atoms with van der Waals surface area (Å²) in [6.07, 6.45) is 0. The first-order chi connectivity index (χ1) is 9.81. The Morgan fingerprint density at radius 3 is 2.50 bits per heavy atom. The van der Waals surface area contributed by atoms with Crippen molar-refractivity contribution in [3.05, 3.63) is 69.9 Å². The van der Waals surface area contributed by atoms with E-state index >= 15 is 0 Å². The lowest BCUT2D eigenvalue weighted by Gasteiger charge is -2.07. The fourth-order valence-electron chi connectivity index (χ4n) is 2.39. The largest absolute Gasteiger partial charge is 0.139 e. The Kier molecular flexibility index (Phi) is 3.42. The molecular formula is C16H13N3S. The van der Waals surface area contributed by atoms with Crippen molar-refractivity contribution in [3.8, 4) is 11.1 Å². The van der Waals surface area contributed by atoms with Crippen molar-refractivity contribution < 1.29 is 0 Å². The number of fused-ring (bicyclic) bond motifs is 1. The molecule has 0 spiro atoms. The molecule has 0 fully saturated rings. The van der Waals surface area contributed by atoms with Gasteiger partial charge < -0.3 is 0 Å². The van der Waals surface area contributed by atoms with Gasteiger partial charge in [-0.2, -0.15) is 0 Å². The molecule has 0 radical (unpaired) electrons. The molecule has 1 aromatic heterocycles. The zero-order valence-corrected chi connectivity index (χ0v) is 11.8. The molecule has 20 heavy (non-hydrogen) atoms. The third-order valence-electron chi connectivity index (χ3n) is 3.29. The van der Waals surface area contributed by atoms with Gasteiger partial charge in [0, 0.05) is 25.4 Å². The third kappa shape index (κ3) is 2.16. The van der Waals surface area contributed by atoms with Crippen molar-refractivity contribution in [2.45, 2.75) is 13.0 Å². The van der Waals surface area contributed by atoms with Gasteiger partial charge >= 0.3 is 0 Å². The number of azide groups is 1. The van der Waals surface area contributed by atoms with Gasteiger partial charge in [-0.1, -0.05) is 60.6 Å². The summed E-state index contributed by atoms with van der Waals surface area (Å²) < 4.78 is 1.22. The van der Waals surface area contributed by atoms with E-state index in [2.05, 4.69) is 34.3 Å². The minimum atomic E-state index is -0.160. The Morgan fingerprint density at radius 2 is 1.75 bits per heavy atom. The van der Waals surface area contributed by atoms with E-state index in [4.69, 9.17) is 5.53 Å². The molecule has 2 aromatic carbocycles. The van der Waals surface area contributed by atoms with Gasteiger partial charge in [0.05, 0.1) is 6.04 Å². The van der Waals surface area contributed by atoms with Crippen molar-refractivity contribution in [1.29, 1.82) is 0 Å². The van der Waals surface area contributed by atoms with Crippen LogP contribution in [0.25, 0.3) is 31.7 Å². The fourth-order valence-corrected chi connectivity index (χ4v) is 3.60. The van der Waals surface area contributed by atoms with E-state index in [-0.39, 0.29) is 6.04 Å². The second-order valence-corrected chi connectivity index (χ2v) is 5.67. The zero-order valence-electron chi connectivity index (χ0n) is 11.0. The Bertz CT molecular complexity index is 786. The molecular weight excluding hydrogens is 266 g/mol. The van der Waals surface area contributed by atoms with Crippen LogP contribution in [0.1, 0.15) is 17.8 Å². The van der Waals surface area contributed by atoms with Crippen LogP contribution in [0.2, 0.25) is 0 Å². The van der Waals surface area contributed by atoms with Crippen LogP contribution >= 0.6 is 11.3 Å². The van der Waals surface area contributed by atoms with Crippen LogP contribution in [0.15, 0.2) is 59.7 Å². The molecule has 1 unspecified atom stereocenters. The molecule has 0 bridgehead atoms. The highest BCUT2D eigenvalue weighted by Gasteiger charge is 2.17. The second kappa shape index (κ2) is 5.37. The number of benzene rings is 2. The highest BCUT2D eigenvalue weighted by molar-refractivity contribution is 7.19. The first-order valence-corrected chi connectivity index (χ1v) is 7.24. The molecule has 0 aliphatic rings. The number of rotatable bonds is 3. The summed E-state index contributed by atoms with van der Waals surface area (Å²) in [5.41, 5.74) is 11.1. The van der Waals surface area contributed by atoms with Gasteiger partial charge in [-0.25, -0.2) is 0 Å². The average molecular weight is 279 g/mol. The molecule has 98 valence electrons. The lowest BCUT2D eigenvalue weighted by Crippen LogP contribution is -1.87. The van der Waals surface area contributed by atoms with Gasteiger partial charge in [0.1, 0.15) is 0 Å². The molecule has 4 heteroatoms. The minimum absolute atomic E-state index is 0.160. The Hall–Kier alpha value is -2.29. The lowest BCUT2D eigenvalue weighted by atomic mass is 10.00. The topological polar surface area (TPSA) is 48.8 Å². The third-order valence-corrected chi connectivity index (χ3v) is 4.63. The van der Waals surface area contributed by atoms with Crippen LogP contribution < -0.4 is 0 Å². The first-order valence-electron chi connectivity index (χ1n) is 6.42. The summed E-state index contributed by atoms with van der Waals surface area (Å²) in [6, 6.07) is 18.4. The second-order valence-electron chi connectivity index (χ2n) is 4.58. The molecule has 0 saturated heterocycles. The molecule has 0 saturated carbocycles. The van der Waals surface area contributed by atoms with Crippen molar-refractivity contribution in [2.75, 3.05) is 0 Å². The summed E-state index contributed by atoms with van der Waals surface area (Å²) >= 11 is 1.70. The average Bonchev–Trinajstić information content (AvgIpc) is 2.88. The van der Waals surface area contributed by atoms with Crippen LogP contribution in [0.4, 0.5) is 0 Å². The van der Waals surface area contributed by atoms with E-state index in [1.165, 1.54) is 21.2 Å². The number of nitrogens with zero attached hydrogens (tertiary/aromatic N) is 3. The molecule has 0 N–H and O–H groups in total. The maximum atomic E-state index is 8.70. The van der Waals surface area contributed by atoms with Crippen molar-refractivity contribution in [1.82, 2.24) is 0 Å². The first kappa shape index (κ1) is 12.7. The monoisotopic (exact) mass is 279 g/mol. The van der Waals surface area contributed by atoms with E-state index < -0.39 is 0 Å². The number of hydrogen-bond donors (Lipinski definition) is 0. The molecule has 0 aliphatic heterocycles. The lowest BCUT2D eigenvalue weighted by molar-refractivity contribution is 0.829. The highest BCUT2D eigenvalue weighted by atomic mass is 32.1. The molecule has 3 rings (SSSR count). The smallest absolute Gasteiger partial charge is 0.0697 e. The fraction of sp³-hybridized carbons (Fsp3) is 0.125. The quantitative estimate of drug-likeness (QED) is 0.323. The van der Waals surface area contributed by atoms with Gasteiger partial charge in [0.25, 0.3) is 0 Å². The molecule has 3 nitrogen and oxygen atoms in total. The molecule has 1 atom stereocenters. The van der Waals surface area contributed by atoms with E-state index in [1.807, 2.05) is 37.3 Å². The van der Waals surface area contributed by atoms with Crippen LogP contribution in [0.3, 0.4) is 0 Å². The minimum Gasteiger partial charge on any atom is -0.139 e. The van der Waals surface area contributed by atoms with E-state index in [1.54, 1.807) is 11.3 Å². The van der Waals surface area contributed by atoms with Crippen LogP contribution in [-0.2, 0) is 0 Å². The Morgan fingerprint density at radius 1 is 1.05 bits per heavy atom. The Labute approximate surface area is 121 Å².